The third-order valence-corrected chi connectivity index (χ3v) is 3.44. The van der Waals surface area contributed by atoms with Gasteiger partial charge in [-0.3, -0.25) is 10.1 Å². The zero-order valence-electron chi connectivity index (χ0n) is 11.2. The van der Waals surface area contributed by atoms with Crippen LogP contribution >= 0.6 is 0 Å². The Labute approximate surface area is 112 Å². The fourth-order valence-electron chi connectivity index (χ4n) is 2.48. The van der Waals surface area contributed by atoms with Gasteiger partial charge in [-0.2, -0.15) is 0 Å². The van der Waals surface area contributed by atoms with Gasteiger partial charge in [-0.1, -0.05) is 25.1 Å². The van der Waals surface area contributed by atoms with Gasteiger partial charge in [0.05, 0.1) is 19.2 Å². The van der Waals surface area contributed by atoms with Gasteiger partial charge in [0.1, 0.15) is 12.0 Å². The first kappa shape index (κ1) is 14.0. The van der Waals surface area contributed by atoms with E-state index < -0.39 is 6.17 Å². The Morgan fingerprint density at radius 3 is 2.89 bits per heavy atom. The molecule has 0 aliphatic carbocycles. The highest BCUT2D eigenvalue weighted by Crippen LogP contribution is 2.27. The first-order valence-corrected chi connectivity index (χ1v) is 6.47. The summed E-state index contributed by atoms with van der Waals surface area (Å²) in [5, 5.41) is 3.07. The topological polar surface area (TPSA) is 41.6 Å². The molecule has 0 bridgehead atoms. The molecule has 1 fully saturated rings. The standard InChI is InChI=1S/C14H19FN2O2/c1-3-10(9-19-2)17-13(18)8-16-14(17)11-6-4-5-7-12(11)15/h4-7,10,14,16H,3,8-9H2,1-2H3. The minimum atomic E-state index is -0.409. The highest BCUT2D eigenvalue weighted by atomic mass is 19.1. The fourth-order valence-corrected chi connectivity index (χ4v) is 2.48. The van der Waals surface area contributed by atoms with Crippen LogP contribution in [0.25, 0.3) is 0 Å². The molecular formula is C14H19FN2O2. The van der Waals surface area contributed by atoms with Crippen molar-refractivity contribution in [1.82, 2.24) is 10.2 Å². The van der Waals surface area contributed by atoms with E-state index in [1.807, 2.05) is 6.92 Å². The Morgan fingerprint density at radius 2 is 2.26 bits per heavy atom. The number of rotatable bonds is 5. The molecule has 2 atom stereocenters. The molecule has 0 radical (unpaired) electrons. The van der Waals surface area contributed by atoms with Crippen molar-refractivity contribution in [3.63, 3.8) is 0 Å². The minimum absolute atomic E-state index is 0.0165. The average Bonchev–Trinajstić information content (AvgIpc) is 2.78. The number of methoxy groups -OCH3 is 1. The lowest BCUT2D eigenvalue weighted by Gasteiger charge is -2.32. The molecule has 1 amide bonds. The monoisotopic (exact) mass is 266 g/mol. The van der Waals surface area contributed by atoms with Gasteiger partial charge in [-0.15, -0.1) is 0 Å². The van der Waals surface area contributed by atoms with Crippen LogP contribution in [0.3, 0.4) is 0 Å². The third kappa shape index (κ3) is 2.77. The molecule has 0 spiro atoms. The Balaban J connectivity index is 2.29. The fraction of sp³-hybridized carbons (Fsp3) is 0.500. The van der Waals surface area contributed by atoms with Crippen molar-refractivity contribution in [2.24, 2.45) is 0 Å². The van der Waals surface area contributed by atoms with Crippen LogP contribution in [0.5, 0.6) is 0 Å². The van der Waals surface area contributed by atoms with E-state index >= 15 is 0 Å². The Bertz CT molecular complexity index is 453. The Hall–Kier alpha value is -1.46. The summed E-state index contributed by atoms with van der Waals surface area (Å²) < 4.78 is 19.0. The summed E-state index contributed by atoms with van der Waals surface area (Å²) in [6.45, 7) is 2.68. The molecule has 2 rings (SSSR count). The van der Waals surface area contributed by atoms with Gasteiger partial charge in [-0.05, 0) is 12.5 Å². The summed E-state index contributed by atoms with van der Waals surface area (Å²) in [6, 6.07) is 6.50. The lowest BCUT2D eigenvalue weighted by atomic mass is 10.1. The highest BCUT2D eigenvalue weighted by molar-refractivity contribution is 5.81. The van der Waals surface area contributed by atoms with Crippen molar-refractivity contribution in [2.45, 2.75) is 25.6 Å². The molecule has 1 heterocycles. The molecule has 1 saturated heterocycles. The van der Waals surface area contributed by atoms with Crippen LogP contribution < -0.4 is 5.32 Å². The number of benzene rings is 1. The number of amides is 1. The van der Waals surface area contributed by atoms with E-state index in [1.54, 1.807) is 30.2 Å². The zero-order chi connectivity index (χ0) is 13.8. The van der Waals surface area contributed by atoms with Gasteiger partial charge in [0.15, 0.2) is 0 Å². The second-order valence-corrected chi connectivity index (χ2v) is 4.62. The van der Waals surface area contributed by atoms with Gasteiger partial charge in [0, 0.05) is 12.7 Å². The largest absolute Gasteiger partial charge is 0.383 e. The molecule has 104 valence electrons. The summed E-state index contributed by atoms with van der Waals surface area (Å²) in [4.78, 5) is 13.7. The first-order chi connectivity index (χ1) is 9.19. The highest BCUT2D eigenvalue weighted by Gasteiger charge is 2.37. The smallest absolute Gasteiger partial charge is 0.238 e. The summed E-state index contributed by atoms with van der Waals surface area (Å²) in [6.07, 6.45) is 0.362. The normalized spacial score (nSPS) is 20.9. The van der Waals surface area contributed by atoms with E-state index in [-0.39, 0.29) is 24.3 Å². The Kier molecular flexibility index (Phi) is 4.50. The SMILES string of the molecule is CCC(COC)N1C(=O)CNC1c1ccccc1F. The molecule has 2 unspecified atom stereocenters. The Morgan fingerprint density at radius 1 is 1.53 bits per heavy atom. The van der Waals surface area contributed by atoms with Gasteiger partial charge >= 0.3 is 0 Å². The van der Waals surface area contributed by atoms with Crippen molar-refractivity contribution in [3.05, 3.63) is 35.6 Å². The van der Waals surface area contributed by atoms with Crippen molar-refractivity contribution in [1.29, 1.82) is 0 Å². The molecule has 1 N–H and O–H groups in total. The van der Waals surface area contributed by atoms with E-state index in [1.165, 1.54) is 6.07 Å². The third-order valence-electron chi connectivity index (χ3n) is 3.44. The lowest BCUT2D eigenvalue weighted by molar-refractivity contribution is -0.131. The summed E-state index contributed by atoms with van der Waals surface area (Å²) >= 11 is 0. The maximum absolute atomic E-state index is 13.9. The first-order valence-electron chi connectivity index (χ1n) is 6.47. The molecule has 0 saturated carbocycles. The molecule has 1 aliphatic heterocycles. The van der Waals surface area contributed by atoms with Gasteiger partial charge in [0.25, 0.3) is 0 Å². The number of nitrogens with one attached hydrogen (secondary N) is 1. The average molecular weight is 266 g/mol. The number of hydrogen-bond acceptors (Lipinski definition) is 3. The van der Waals surface area contributed by atoms with Gasteiger partial charge in [0.2, 0.25) is 5.91 Å². The molecule has 19 heavy (non-hydrogen) atoms. The van der Waals surface area contributed by atoms with Crippen molar-refractivity contribution >= 4 is 5.91 Å². The maximum Gasteiger partial charge on any atom is 0.238 e. The molecule has 4 nitrogen and oxygen atoms in total. The van der Waals surface area contributed by atoms with Gasteiger partial charge < -0.3 is 9.64 Å². The van der Waals surface area contributed by atoms with Crippen molar-refractivity contribution in [3.8, 4) is 0 Å². The van der Waals surface area contributed by atoms with Crippen LogP contribution in [0.1, 0.15) is 25.1 Å². The van der Waals surface area contributed by atoms with Gasteiger partial charge in [-0.25, -0.2) is 4.39 Å². The van der Waals surface area contributed by atoms with Crippen molar-refractivity contribution < 1.29 is 13.9 Å². The number of carbonyl (C=O) groups is 1. The predicted molar refractivity (Wildman–Crippen MR) is 69.9 cm³/mol. The van der Waals surface area contributed by atoms with Crippen LogP contribution in [0.4, 0.5) is 4.39 Å². The molecule has 0 aromatic heterocycles. The number of nitrogens with zero attached hydrogens (tertiary/aromatic N) is 1. The second kappa shape index (κ2) is 6.12. The van der Waals surface area contributed by atoms with E-state index in [0.29, 0.717) is 12.2 Å². The van der Waals surface area contributed by atoms with Crippen LogP contribution in [0.2, 0.25) is 0 Å². The van der Waals surface area contributed by atoms with Crippen LogP contribution in [0, 0.1) is 5.82 Å². The van der Waals surface area contributed by atoms with E-state index in [0.717, 1.165) is 6.42 Å². The van der Waals surface area contributed by atoms with Crippen LogP contribution in [-0.2, 0) is 9.53 Å². The zero-order valence-corrected chi connectivity index (χ0v) is 11.2. The van der Waals surface area contributed by atoms with E-state index in [9.17, 15) is 9.18 Å². The maximum atomic E-state index is 13.9. The molecule has 5 heteroatoms. The summed E-state index contributed by atoms with van der Waals surface area (Å²) in [5.74, 6) is -0.316. The van der Waals surface area contributed by atoms with Crippen LogP contribution in [0.15, 0.2) is 24.3 Å². The molecule has 1 aliphatic rings. The van der Waals surface area contributed by atoms with Crippen LogP contribution in [-0.4, -0.2) is 37.1 Å². The summed E-state index contributed by atoms with van der Waals surface area (Å²) in [5.41, 5.74) is 0.503. The van der Waals surface area contributed by atoms with E-state index in [4.69, 9.17) is 4.74 Å². The molecule has 1 aromatic rings. The number of ether oxygens (including phenoxy) is 1. The quantitative estimate of drug-likeness (QED) is 0.881. The lowest BCUT2D eigenvalue weighted by Crippen LogP contribution is -2.42. The predicted octanol–water partition coefficient (Wildman–Crippen LogP) is 1.68. The summed E-state index contributed by atoms with van der Waals surface area (Å²) in [7, 11) is 1.61. The minimum Gasteiger partial charge on any atom is -0.383 e. The molecular weight excluding hydrogens is 247 g/mol. The number of hydrogen-bond donors (Lipinski definition) is 1. The van der Waals surface area contributed by atoms with E-state index in [2.05, 4.69) is 5.32 Å². The molecule has 1 aromatic carbocycles. The number of halogens is 1. The number of carbonyl (C=O) groups excluding carboxylic acids is 1. The van der Waals surface area contributed by atoms with Crippen molar-refractivity contribution in [2.75, 3.05) is 20.3 Å². The second-order valence-electron chi connectivity index (χ2n) is 4.62.